The summed E-state index contributed by atoms with van der Waals surface area (Å²) >= 11 is 0. The monoisotopic (exact) mass is 461 g/mol. The molecule has 0 radical (unpaired) electrons. The first-order chi connectivity index (χ1) is 16.0. The number of hydrogen-bond donors (Lipinski definition) is 2. The van der Waals surface area contributed by atoms with E-state index in [0.29, 0.717) is 18.0 Å². The van der Waals surface area contributed by atoms with Gasteiger partial charge in [0.25, 0.3) is 0 Å². The maximum atomic E-state index is 13.7. The molecule has 7 nitrogen and oxygen atoms in total. The molecule has 33 heavy (non-hydrogen) atoms. The zero-order valence-electron chi connectivity index (χ0n) is 19.5. The molecule has 2 atom stereocenters. The molecule has 1 aromatic carbocycles. The van der Waals surface area contributed by atoms with E-state index in [2.05, 4.69) is 10.6 Å². The minimum atomic E-state index is -0.720. The van der Waals surface area contributed by atoms with Gasteiger partial charge in [-0.15, -0.1) is 0 Å². The summed E-state index contributed by atoms with van der Waals surface area (Å²) in [6.45, 7) is 4.53. The van der Waals surface area contributed by atoms with Gasteiger partial charge in [-0.1, -0.05) is 12.1 Å². The molecule has 2 fully saturated rings. The molecule has 0 aliphatic carbocycles. The quantitative estimate of drug-likeness (QED) is 0.523. The van der Waals surface area contributed by atoms with Crippen molar-refractivity contribution in [3.63, 3.8) is 0 Å². The van der Waals surface area contributed by atoms with E-state index in [9.17, 15) is 18.8 Å². The molecule has 0 saturated carbocycles. The smallest absolute Gasteiger partial charge is 0.308 e. The standard InChI is InChI=1S/C25H36FN3O4/c1-2-33-24(31)16-22(20-5-3-7-21(26)15-20)28-23(30)17-29-14-4-6-19(25(29)32)9-8-18-10-12-27-13-11-18/h3,5,7,15,18-19,22,27H,2,4,6,8-14,16-17H2,1H3,(H,28,30). The van der Waals surface area contributed by atoms with Crippen molar-refractivity contribution in [1.29, 1.82) is 0 Å². The number of esters is 1. The molecule has 2 aliphatic rings. The van der Waals surface area contributed by atoms with Crippen LogP contribution in [0.25, 0.3) is 0 Å². The summed E-state index contributed by atoms with van der Waals surface area (Å²) in [6, 6.07) is 5.09. The van der Waals surface area contributed by atoms with Crippen LogP contribution in [0.1, 0.15) is 63.5 Å². The largest absolute Gasteiger partial charge is 0.466 e. The van der Waals surface area contributed by atoms with Crippen LogP contribution in [0.15, 0.2) is 24.3 Å². The van der Waals surface area contributed by atoms with Gasteiger partial charge in [0.05, 0.1) is 25.6 Å². The molecule has 8 heteroatoms. The Morgan fingerprint density at radius 2 is 2.03 bits per heavy atom. The van der Waals surface area contributed by atoms with Crippen molar-refractivity contribution in [2.24, 2.45) is 11.8 Å². The van der Waals surface area contributed by atoms with Crippen LogP contribution in [0.2, 0.25) is 0 Å². The molecule has 2 amide bonds. The van der Waals surface area contributed by atoms with Crippen LogP contribution in [0.4, 0.5) is 4.39 Å². The minimum Gasteiger partial charge on any atom is -0.466 e. The Morgan fingerprint density at radius 1 is 1.24 bits per heavy atom. The Balaban J connectivity index is 1.56. The highest BCUT2D eigenvalue weighted by Crippen LogP contribution is 2.27. The average molecular weight is 462 g/mol. The summed E-state index contributed by atoms with van der Waals surface area (Å²) in [6.07, 6.45) is 5.90. The predicted octanol–water partition coefficient (Wildman–Crippen LogP) is 2.95. The van der Waals surface area contributed by atoms with Crippen molar-refractivity contribution >= 4 is 17.8 Å². The minimum absolute atomic E-state index is 0.0278. The van der Waals surface area contributed by atoms with Crippen molar-refractivity contribution in [3.8, 4) is 0 Å². The number of rotatable bonds is 10. The summed E-state index contributed by atoms with van der Waals surface area (Å²) < 4.78 is 18.8. The summed E-state index contributed by atoms with van der Waals surface area (Å²) in [7, 11) is 0. The molecular weight excluding hydrogens is 425 g/mol. The third-order valence-electron chi connectivity index (χ3n) is 6.62. The molecular formula is C25H36FN3O4. The van der Waals surface area contributed by atoms with Gasteiger partial charge in [0.1, 0.15) is 5.82 Å². The van der Waals surface area contributed by atoms with Crippen LogP contribution >= 0.6 is 0 Å². The number of carbonyl (C=O) groups excluding carboxylic acids is 3. The molecule has 2 saturated heterocycles. The van der Waals surface area contributed by atoms with Crippen molar-refractivity contribution in [3.05, 3.63) is 35.6 Å². The molecule has 0 aromatic heterocycles. The van der Waals surface area contributed by atoms with Crippen LogP contribution in [-0.4, -0.2) is 55.5 Å². The number of ether oxygens (including phenoxy) is 1. The van der Waals surface area contributed by atoms with Gasteiger partial charge in [-0.2, -0.15) is 0 Å². The third kappa shape index (κ3) is 7.81. The molecule has 0 spiro atoms. The second-order valence-corrected chi connectivity index (χ2v) is 9.05. The Bertz CT molecular complexity index is 813. The van der Waals surface area contributed by atoms with Crippen LogP contribution in [0.5, 0.6) is 0 Å². The van der Waals surface area contributed by atoms with E-state index in [1.165, 1.54) is 18.2 Å². The van der Waals surface area contributed by atoms with E-state index >= 15 is 0 Å². The molecule has 2 aliphatic heterocycles. The Kier molecular flexibility index (Phi) is 9.66. The summed E-state index contributed by atoms with van der Waals surface area (Å²) in [5.41, 5.74) is 0.487. The highest BCUT2D eigenvalue weighted by molar-refractivity contribution is 5.86. The SMILES string of the molecule is CCOC(=O)CC(NC(=O)CN1CCCC(CCC2CCNCC2)C1=O)c1cccc(F)c1. The van der Waals surface area contributed by atoms with Gasteiger partial charge in [-0.3, -0.25) is 14.4 Å². The van der Waals surface area contributed by atoms with Gasteiger partial charge in [-0.25, -0.2) is 4.39 Å². The number of nitrogens with one attached hydrogen (secondary N) is 2. The van der Waals surface area contributed by atoms with Gasteiger partial charge in [0.2, 0.25) is 11.8 Å². The number of carbonyl (C=O) groups is 3. The molecule has 182 valence electrons. The van der Waals surface area contributed by atoms with Crippen molar-refractivity contribution in [2.45, 2.75) is 57.9 Å². The van der Waals surface area contributed by atoms with Crippen molar-refractivity contribution in [2.75, 3.05) is 32.8 Å². The molecule has 2 heterocycles. The van der Waals surface area contributed by atoms with Crippen molar-refractivity contribution < 1.29 is 23.5 Å². The molecule has 2 unspecified atom stereocenters. The predicted molar refractivity (Wildman–Crippen MR) is 123 cm³/mol. The zero-order valence-corrected chi connectivity index (χ0v) is 19.5. The summed E-state index contributed by atoms with van der Waals surface area (Å²) in [5, 5.41) is 6.18. The number of nitrogens with zero attached hydrogens (tertiary/aromatic N) is 1. The van der Waals surface area contributed by atoms with E-state index in [4.69, 9.17) is 4.74 Å². The van der Waals surface area contributed by atoms with E-state index in [0.717, 1.165) is 51.6 Å². The number of benzene rings is 1. The van der Waals surface area contributed by atoms with E-state index < -0.39 is 17.8 Å². The first kappa shape index (κ1) is 25.1. The molecule has 2 N–H and O–H groups in total. The molecule has 3 rings (SSSR count). The number of piperidine rings is 2. The number of likely N-dealkylation sites (tertiary alicyclic amines) is 1. The van der Waals surface area contributed by atoms with E-state index in [1.54, 1.807) is 17.9 Å². The lowest BCUT2D eigenvalue weighted by molar-refractivity contribution is -0.145. The topological polar surface area (TPSA) is 87.7 Å². The third-order valence-corrected chi connectivity index (χ3v) is 6.62. The molecule has 1 aromatic rings. The number of amides is 2. The maximum Gasteiger partial charge on any atom is 0.308 e. The number of hydrogen-bond acceptors (Lipinski definition) is 5. The fourth-order valence-electron chi connectivity index (χ4n) is 4.83. The first-order valence-electron chi connectivity index (χ1n) is 12.2. The lowest BCUT2D eigenvalue weighted by Crippen LogP contribution is -2.47. The van der Waals surface area contributed by atoms with Gasteiger partial charge in [0.15, 0.2) is 0 Å². The molecule has 0 bridgehead atoms. The highest BCUT2D eigenvalue weighted by atomic mass is 19.1. The van der Waals surface area contributed by atoms with Crippen LogP contribution < -0.4 is 10.6 Å². The van der Waals surface area contributed by atoms with Gasteiger partial charge >= 0.3 is 5.97 Å². The fourth-order valence-corrected chi connectivity index (χ4v) is 4.83. The average Bonchev–Trinajstić information content (AvgIpc) is 2.80. The van der Waals surface area contributed by atoms with Crippen LogP contribution in [0.3, 0.4) is 0 Å². The van der Waals surface area contributed by atoms with Gasteiger partial charge < -0.3 is 20.3 Å². The zero-order chi connectivity index (χ0) is 23.6. The second-order valence-electron chi connectivity index (χ2n) is 9.05. The number of halogens is 1. The van der Waals surface area contributed by atoms with Crippen LogP contribution in [-0.2, 0) is 19.1 Å². The van der Waals surface area contributed by atoms with Gasteiger partial charge in [-0.05, 0) is 82.2 Å². The van der Waals surface area contributed by atoms with Gasteiger partial charge in [0, 0.05) is 12.5 Å². The lowest BCUT2D eigenvalue weighted by Gasteiger charge is -2.33. The summed E-state index contributed by atoms with van der Waals surface area (Å²) in [5.74, 6) is -0.593. The van der Waals surface area contributed by atoms with E-state index in [-0.39, 0.29) is 37.3 Å². The normalized spacial score (nSPS) is 20.4. The van der Waals surface area contributed by atoms with Crippen molar-refractivity contribution in [1.82, 2.24) is 15.5 Å². The fraction of sp³-hybridized carbons (Fsp3) is 0.640. The van der Waals surface area contributed by atoms with Crippen LogP contribution in [0, 0.1) is 17.7 Å². The Labute approximate surface area is 195 Å². The Hall–Kier alpha value is -2.48. The first-order valence-corrected chi connectivity index (χ1v) is 12.2. The second kappa shape index (κ2) is 12.7. The Morgan fingerprint density at radius 3 is 2.76 bits per heavy atom. The van der Waals surface area contributed by atoms with E-state index in [1.807, 2.05) is 0 Å². The summed E-state index contributed by atoms with van der Waals surface area (Å²) in [4.78, 5) is 39.5. The lowest BCUT2D eigenvalue weighted by atomic mass is 9.86. The maximum absolute atomic E-state index is 13.7. The highest BCUT2D eigenvalue weighted by Gasteiger charge is 2.31.